The van der Waals surface area contributed by atoms with E-state index in [1.54, 1.807) is 12.4 Å². The number of nitrogens with one attached hydrogen (secondary N) is 1. The van der Waals surface area contributed by atoms with Gasteiger partial charge in [-0.25, -0.2) is 15.0 Å². The predicted octanol–water partition coefficient (Wildman–Crippen LogP) is 1.31. The summed E-state index contributed by atoms with van der Waals surface area (Å²) in [5.74, 6) is 1.76. The molecular formula is C20H29N7. The molecule has 1 aliphatic rings. The minimum absolute atomic E-state index is 0.692. The molecule has 0 bridgehead atoms. The first kappa shape index (κ1) is 19.1. The lowest BCUT2D eigenvalue weighted by Crippen LogP contribution is -2.49. The van der Waals surface area contributed by atoms with Gasteiger partial charge in [0.25, 0.3) is 0 Å². The second-order valence-electron chi connectivity index (χ2n) is 6.82. The Kier molecular flexibility index (Phi) is 6.98. The van der Waals surface area contributed by atoms with Crippen LogP contribution in [0.4, 0.5) is 5.95 Å². The first-order chi connectivity index (χ1) is 13.2. The van der Waals surface area contributed by atoms with E-state index in [0.29, 0.717) is 6.54 Å². The molecule has 1 fully saturated rings. The van der Waals surface area contributed by atoms with Crippen molar-refractivity contribution < 1.29 is 0 Å². The van der Waals surface area contributed by atoms with Gasteiger partial charge in [0, 0.05) is 65.8 Å². The number of piperazine rings is 1. The van der Waals surface area contributed by atoms with E-state index >= 15 is 0 Å². The molecule has 1 saturated heterocycles. The third-order valence-corrected chi connectivity index (χ3v) is 4.60. The van der Waals surface area contributed by atoms with Gasteiger partial charge in [0.1, 0.15) is 0 Å². The lowest BCUT2D eigenvalue weighted by atomic mass is 10.2. The molecule has 1 aromatic heterocycles. The van der Waals surface area contributed by atoms with Crippen LogP contribution in [0.15, 0.2) is 53.8 Å². The van der Waals surface area contributed by atoms with E-state index in [-0.39, 0.29) is 0 Å². The van der Waals surface area contributed by atoms with Gasteiger partial charge < -0.3 is 15.1 Å². The Morgan fingerprint density at radius 3 is 2.41 bits per heavy atom. The van der Waals surface area contributed by atoms with Crippen molar-refractivity contribution in [2.24, 2.45) is 4.99 Å². The zero-order chi connectivity index (χ0) is 18.9. The highest BCUT2D eigenvalue weighted by atomic mass is 15.3. The molecule has 3 rings (SSSR count). The van der Waals surface area contributed by atoms with Crippen LogP contribution in [0.25, 0.3) is 0 Å². The Morgan fingerprint density at radius 2 is 1.74 bits per heavy atom. The van der Waals surface area contributed by atoms with Crippen LogP contribution in [0.1, 0.15) is 5.56 Å². The van der Waals surface area contributed by atoms with Crippen LogP contribution in [-0.2, 0) is 6.54 Å². The Morgan fingerprint density at radius 1 is 1.04 bits per heavy atom. The molecule has 2 aromatic rings. The molecule has 0 aliphatic carbocycles. The quantitative estimate of drug-likeness (QED) is 0.614. The molecule has 1 aliphatic heterocycles. The summed E-state index contributed by atoms with van der Waals surface area (Å²) in [6.45, 7) is 6.56. The Balaban J connectivity index is 1.41. The molecule has 1 aromatic carbocycles. The van der Waals surface area contributed by atoms with Gasteiger partial charge in [0.15, 0.2) is 5.96 Å². The molecule has 0 amide bonds. The van der Waals surface area contributed by atoms with Gasteiger partial charge in [0.2, 0.25) is 5.95 Å². The minimum atomic E-state index is 0.692. The molecule has 0 saturated carbocycles. The van der Waals surface area contributed by atoms with Gasteiger partial charge in [-0.3, -0.25) is 4.90 Å². The first-order valence-electron chi connectivity index (χ1n) is 9.46. The van der Waals surface area contributed by atoms with Gasteiger partial charge in [-0.1, -0.05) is 30.3 Å². The third-order valence-electron chi connectivity index (χ3n) is 4.60. The molecule has 0 radical (unpaired) electrons. The maximum atomic E-state index is 4.72. The van der Waals surface area contributed by atoms with E-state index in [1.807, 2.05) is 43.3 Å². The summed E-state index contributed by atoms with van der Waals surface area (Å²) < 4.78 is 0. The van der Waals surface area contributed by atoms with E-state index in [0.717, 1.165) is 51.2 Å². The van der Waals surface area contributed by atoms with Crippen molar-refractivity contribution in [1.29, 1.82) is 0 Å². The first-order valence-corrected chi connectivity index (χ1v) is 9.46. The normalized spacial score (nSPS) is 15.6. The maximum Gasteiger partial charge on any atom is 0.225 e. The van der Waals surface area contributed by atoms with Crippen LogP contribution < -0.4 is 10.2 Å². The summed E-state index contributed by atoms with van der Waals surface area (Å²) in [7, 11) is 4.05. The Bertz CT molecular complexity index is 695. The minimum Gasteiger partial charge on any atom is -0.355 e. The van der Waals surface area contributed by atoms with Crippen molar-refractivity contribution >= 4 is 11.9 Å². The lowest BCUT2D eigenvalue weighted by molar-refractivity contribution is 0.259. The van der Waals surface area contributed by atoms with Crippen LogP contribution in [-0.4, -0.2) is 79.1 Å². The summed E-state index contributed by atoms with van der Waals surface area (Å²) in [6.07, 6.45) is 3.60. The standard InChI is InChI=1S/C20H29N7/c1-25(2)19(24-17-18-7-4-3-5-8-18)23-11-12-26-13-15-27(16-14-26)20-21-9-6-10-22-20/h3-10H,11-17H2,1-2H3,(H,23,24). The zero-order valence-electron chi connectivity index (χ0n) is 16.3. The average Bonchev–Trinajstić information content (AvgIpc) is 2.72. The molecule has 2 heterocycles. The predicted molar refractivity (Wildman–Crippen MR) is 110 cm³/mol. The van der Waals surface area contributed by atoms with Crippen molar-refractivity contribution in [3.8, 4) is 0 Å². The molecular weight excluding hydrogens is 338 g/mol. The van der Waals surface area contributed by atoms with Crippen LogP contribution in [0.3, 0.4) is 0 Å². The molecule has 0 unspecified atom stereocenters. The number of aromatic nitrogens is 2. The topological polar surface area (TPSA) is 59.9 Å². The fourth-order valence-corrected chi connectivity index (χ4v) is 3.06. The highest BCUT2D eigenvalue weighted by Crippen LogP contribution is 2.09. The van der Waals surface area contributed by atoms with E-state index in [9.17, 15) is 0 Å². The van der Waals surface area contributed by atoms with Crippen LogP contribution in [0.2, 0.25) is 0 Å². The van der Waals surface area contributed by atoms with Crippen molar-refractivity contribution in [1.82, 2.24) is 25.1 Å². The van der Waals surface area contributed by atoms with E-state index in [4.69, 9.17) is 4.99 Å². The molecule has 27 heavy (non-hydrogen) atoms. The largest absolute Gasteiger partial charge is 0.355 e. The number of rotatable bonds is 6. The molecule has 0 spiro atoms. The Labute approximate surface area is 161 Å². The number of nitrogens with zero attached hydrogens (tertiary/aromatic N) is 6. The second-order valence-corrected chi connectivity index (χ2v) is 6.82. The molecule has 7 nitrogen and oxygen atoms in total. The van der Waals surface area contributed by atoms with Crippen LogP contribution in [0, 0.1) is 0 Å². The van der Waals surface area contributed by atoms with Crippen molar-refractivity contribution in [2.75, 3.05) is 58.3 Å². The average molecular weight is 368 g/mol. The summed E-state index contributed by atoms with van der Waals surface area (Å²) in [5, 5.41) is 3.48. The third kappa shape index (κ3) is 5.92. The van der Waals surface area contributed by atoms with Crippen molar-refractivity contribution in [3.63, 3.8) is 0 Å². The fraction of sp³-hybridized carbons (Fsp3) is 0.450. The van der Waals surface area contributed by atoms with E-state index in [2.05, 4.69) is 37.2 Å². The van der Waals surface area contributed by atoms with Crippen molar-refractivity contribution in [3.05, 3.63) is 54.4 Å². The lowest BCUT2D eigenvalue weighted by Gasteiger charge is -2.34. The second kappa shape index (κ2) is 9.87. The van der Waals surface area contributed by atoms with Gasteiger partial charge in [0.05, 0.1) is 6.54 Å². The zero-order valence-corrected chi connectivity index (χ0v) is 16.3. The Hall–Kier alpha value is -2.67. The summed E-state index contributed by atoms with van der Waals surface area (Å²) in [6, 6.07) is 12.2. The molecule has 144 valence electrons. The molecule has 1 N–H and O–H groups in total. The molecule has 0 atom stereocenters. The van der Waals surface area contributed by atoms with E-state index < -0.39 is 0 Å². The summed E-state index contributed by atoms with van der Waals surface area (Å²) in [5.41, 5.74) is 1.22. The van der Waals surface area contributed by atoms with Gasteiger partial charge in [-0.2, -0.15) is 0 Å². The van der Waals surface area contributed by atoms with Crippen LogP contribution >= 0.6 is 0 Å². The number of aliphatic imine (C=N–C) groups is 1. The van der Waals surface area contributed by atoms with Crippen molar-refractivity contribution in [2.45, 2.75) is 6.54 Å². The number of hydrogen-bond acceptors (Lipinski definition) is 5. The fourth-order valence-electron chi connectivity index (χ4n) is 3.06. The smallest absolute Gasteiger partial charge is 0.225 e. The van der Waals surface area contributed by atoms with Gasteiger partial charge >= 0.3 is 0 Å². The number of hydrogen-bond donors (Lipinski definition) is 1. The summed E-state index contributed by atoms with van der Waals surface area (Å²) in [4.78, 5) is 20.1. The highest BCUT2D eigenvalue weighted by Gasteiger charge is 2.18. The maximum absolute atomic E-state index is 4.72. The summed E-state index contributed by atoms with van der Waals surface area (Å²) >= 11 is 0. The van der Waals surface area contributed by atoms with Gasteiger partial charge in [-0.05, 0) is 11.6 Å². The highest BCUT2D eigenvalue weighted by molar-refractivity contribution is 5.79. The number of anilines is 1. The number of guanidine groups is 1. The SMILES string of the molecule is CN(C)C(=NCc1ccccc1)NCCN1CCN(c2ncccn2)CC1. The van der Waals surface area contributed by atoms with Gasteiger partial charge in [-0.15, -0.1) is 0 Å². The van der Waals surface area contributed by atoms with Crippen LogP contribution in [0.5, 0.6) is 0 Å². The molecule has 7 heteroatoms. The monoisotopic (exact) mass is 367 g/mol. The van der Waals surface area contributed by atoms with E-state index in [1.165, 1.54) is 5.56 Å². The number of benzene rings is 1.